The van der Waals surface area contributed by atoms with Crippen LogP contribution in [0.4, 0.5) is 0 Å². The van der Waals surface area contributed by atoms with E-state index in [9.17, 15) is 4.79 Å². The molecule has 2 rings (SSSR count). The molecule has 0 radical (unpaired) electrons. The molecule has 0 saturated heterocycles. The van der Waals surface area contributed by atoms with Crippen molar-refractivity contribution in [3.8, 4) is 11.5 Å². The van der Waals surface area contributed by atoms with Gasteiger partial charge in [0.15, 0.2) is 17.3 Å². The van der Waals surface area contributed by atoms with E-state index in [2.05, 4.69) is 0 Å². The van der Waals surface area contributed by atoms with E-state index in [1.807, 2.05) is 30.3 Å². The van der Waals surface area contributed by atoms with Crippen molar-refractivity contribution in [2.75, 3.05) is 21.3 Å². The highest BCUT2D eigenvalue weighted by atomic mass is 16.5. The first-order valence-corrected chi connectivity index (χ1v) is 6.77. The Labute approximate surface area is 129 Å². The van der Waals surface area contributed by atoms with E-state index in [4.69, 9.17) is 14.2 Å². The lowest BCUT2D eigenvalue weighted by atomic mass is 10.1. The number of Topliss-reactive ketones (excluding diaryl/α,β-unsaturated/α-hetero) is 1. The van der Waals surface area contributed by atoms with Crippen molar-refractivity contribution in [2.45, 2.75) is 0 Å². The molecule has 22 heavy (non-hydrogen) atoms. The average Bonchev–Trinajstić information content (AvgIpc) is 2.59. The van der Waals surface area contributed by atoms with Crippen LogP contribution in [0.5, 0.6) is 11.5 Å². The molecular formula is C18H18O4. The Hall–Kier alpha value is -2.75. The molecule has 0 N–H and O–H groups in total. The van der Waals surface area contributed by atoms with Gasteiger partial charge in [-0.1, -0.05) is 36.4 Å². The zero-order chi connectivity index (χ0) is 15.9. The summed E-state index contributed by atoms with van der Waals surface area (Å²) < 4.78 is 15.8. The molecule has 0 atom stereocenters. The maximum atomic E-state index is 12.7. The highest BCUT2D eigenvalue weighted by Gasteiger charge is 2.20. The molecular weight excluding hydrogens is 280 g/mol. The SMILES string of the molecule is COC(=Cc1ccccc1)C(=O)c1cccc(OC)c1OC. The molecule has 0 heterocycles. The summed E-state index contributed by atoms with van der Waals surface area (Å²) in [4.78, 5) is 12.7. The molecule has 0 spiro atoms. The van der Waals surface area contributed by atoms with E-state index >= 15 is 0 Å². The Morgan fingerprint density at radius 1 is 0.909 bits per heavy atom. The van der Waals surface area contributed by atoms with Gasteiger partial charge in [0.1, 0.15) is 0 Å². The van der Waals surface area contributed by atoms with E-state index in [0.717, 1.165) is 5.56 Å². The second-order valence-corrected chi connectivity index (χ2v) is 4.49. The fourth-order valence-electron chi connectivity index (χ4n) is 2.12. The van der Waals surface area contributed by atoms with Crippen LogP contribution in [0.15, 0.2) is 54.3 Å². The van der Waals surface area contributed by atoms with E-state index < -0.39 is 0 Å². The molecule has 2 aromatic carbocycles. The van der Waals surface area contributed by atoms with Gasteiger partial charge in [0.05, 0.1) is 26.9 Å². The second kappa shape index (κ2) is 7.31. The minimum Gasteiger partial charge on any atom is -0.493 e. The molecule has 0 saturated carbocycles. The fraction of sp³-hybridized carbons (Fsp3) is 0.167. The van der Waals surface area contributed by atoms with Crippen molar-refractivity contribution in [3.05, 3.63) is 65.4 Å². The summed E-state index contributed by atoms with van der Waals surface area (Å²) in [5, 5.41) is 0. The second-order valence-electron chi connectivity index (χ2n) is 4.49. The third-order valence-electron chi connectivity index (χ3n) is 3.19. The van der Waals surface area contributed by atoms with E-state index in [1.54, 1.807) is 24.3 Å². The van der Waals surface area contributed by atoms with E-state index in [0.29, 0.717) is 17.1 Å². The summed E-state index contributed by atoms with van der Waals surface area (Å²) in [6.45, 7) is 0. The average molecular weight is 298 g/mol. The maximum absolute atomic E-state index is 12.7. The molecule has 0 aliphatic carbocycles. The van der Waals surface area contributed by atoms with Gasteiger partial charge in [-0.2, -0.15) is 0 Å². The van der Waals surface area contributed by atoms with Crippen molar-refractivity contribution in [1.82, 2.24) is 0 Å². The van der Waals surface area contributed by atoms with E-state index in [1.165, 1.54) is 21.3 Å². The van der Waals surface area contributed by atoms with Gasteiger partial charge in [-0.05, 0) is 23.8 Å². The minimum absolute atomic E-state index is 0.234. The molecule has 0 aliphatic rings. The zero-order valence-corrected chi connectivity index (χ0v) is 12.8. The number of hydrogen-bond donors (Lipinski definition) is 0. The van der Waals surface area contributed by atoms with Crippen LogP contribution in [0.1, 0.15) is 15.9 Å². The number of hydrogen-bond acceptors (Lipinski definition) is 4. The van der Waals surface area contributed by atoms with Gasteiger partial charge in [0, 0.05) is 0 Å². The van der Waals surface area contributed by atoms with Gasteiger partial charge < -0.3 is 14.2 Å². The number of rotatable bonds is 6. The standard InChI is InChI=1S/C18H18O4/c1-20-15-11-7-10-14(18(15)22-3)17(19)16(21-2)12-13-8-5-4-6-9-13/h4-12H,1-3H3. The first-order chi connectivity index (χ1) is 10.7. The van der Waals surface area contributed by atoms with Crippen LogP contribution < -0.4 is 9.47 Å². The molecule has 0 aromatic heterocycles. The third-order valence-corrected chi connectivity index (χ3v) is 3.19. The third kappa shape index (κ3) is 3.28. The van der Waals surface area contributed by atoms with Crippen LogP contribution in [0.3, 0.4) is 0 Å². The first-order valence-electron chi connectivity index (χ1n) is 6.77. The number of para-hydroxylation sites is 1. The Bertz CT molecular complexity index is 675. The number of allylic oxidation sites excluding steroid dienone is 1. The Kier molecular flexibility index (Phi) is 5.20. The monoisotopic (exact) mass is 298 g/mol. The topological polar surface area (TPSA) is 44.8 Å². The highest BCUT2D eigenvalue weighted by Crippen LogP contribution is 2.32. The Balaban J connectivity index is 2.44. The molecule has 4 nitrogen and oxygen atoms in total. The molecule has 4 heteroatoms. The normalized spacial score (nSPS) is 11.0. The molecule has 0 bridgehead atoms. The summed E-state index contributed by atoms with van der Waals surface area (Å²) in [6.07, 6.45) is 1.70. The van der Waals surface area contributed by atoms with Crippen molar-refractivity contribution in [1.29, 1.82) is 0 Å². The van der Waals surface area contributed by atoms with Gasteiger partial charge >= 0.3 is 0 Å². The fourth-order valence-corrected chi connectivity index (χ4v) is 2.12. The Morgan fingerprint density at radius 2 is 1.64 bits per heavy atom. The van der Waals surface area contributed by atoms with E-state index in [-0.39, 0.29) is 11.5 Å². The molecule has 0 fully saturated rings. The van der Waals surface area contributed by atoms with Crippen LogP contribution in [0, 0.1) is 0 Å². The largest absolute Gasteiger partial charge is 0.493 e. The number of methoxy groups -OCH3 is 3. The predicted octanol–water partition coefficient (Wildman–Crippen LogP) is 3.57. The van der Waals surface area contributed by atoms with Gasteiger partial charge in [-0.15, -0.1) is 0 Å². The molecule has 0 amide bonds. The number of carbonyl (C=O) groups is 1. The lowest BCUT2D eigenvalue weighted by Crippen LogP contribution is -2.08. The summed E-state index contributed by atoms with van der Waals surface area (Å²) >= 11 is 0. The number of ketones is 1. The van der Waals surface area contributed by atoms with Crippen molar-refractivity contribution >= 4 is 11.9 Å². The number of benzene rings is 2. The zero-order valence-electron chi connectivity index (χ0n) is 12.8. The summed E-state index contributed by atoms with van der Waals surface area (Å²) in [7, 11) is 4.50. The summed E-state index contributed by atoms with van der Waals surface area (Å²) in [5.74, 6) is 0.870. The summed E-state index contributed by atoms with van der Waals surface area (Å²) in [5.41, 5.74) is 1.28. The molecule has 2 aromatic rings. The molecule has 0 aliphatic heterocycles. The molecule has 0 unspecified atom stereocenters. The molecule has 114 valence electrons. The van der Waals surface area contributed by atoms with Gasteiger partial charge in [-0.25, -0.2) is 0 Å². The number of carbonyl (C=O) groups excluding carboxylic acids is 1. The van der Waals surface area contributed by atoms with Gasteiger partial charge in [0.2, 0.25) is 5.78 Å². The smallest absolute Gasteiger partial charge is 0.231 e. The Morgan fingerprint density at radius 3 is 2.23 bits per heavy atom. The van der Waals surface area contributed by atoms with Crippen LogP contribution >= 0.6 is 0 Å². The maximum Gasteiger partial charge on any atom is 0.231 e. The first kappa shape index (κ1) is 15.6. The van der Waals surface area contributed by atoms with Crippen LogP contribution in [0.25, 0.3) is 6.08 Å². The lowest BCUT2D eigenvalue weighted by molar-refractivity contribution is 0.0953. The lowest BCUT2D eigenvalue weighted by Gasteiger charge is -2.12. The van der Waals surface area contributed by atoms with Crippen molar-refractivity contribution in [3.63, 3.8) is 0 Å². The van der Waals surface area contributed by atoms with Crippen molar-refractivity contribution < 1.29 is 19.0 Å². The highest BCUT2D eigenvalue weighted by molar-refractivity contribution is 6.11. The number of ether oxygens (including phenoxy) is 3. The van der Waals surface area contributed by atoms with Crippen LogP contribution in [0.2, 0.25) is 0 Å². The summed E-state index contributed by atoms with van der Waals surface area (Å²) in [6, 6.07) is 14.7. The van der Waals surface area contributed by atoms with Gasteiger partial charge in [-0.3, -0.25) is 4.79 Å². The quantitative estimate of drug-likeness (QED) is 0.464. The van der Waals surface area contributed by atoms with Gasteiger partial charge in [0.25, 0.3) is 0 Å². The minimum atomic E-state index is -0.262. The predicted molar refractivity (Wildman–Crippen MR) is 85.3 cm³/mol. The van der Waals surface area contributed by atoms with Crippen LogP contribution in [-0.2, 0) is 4.74 Å². The van der Waals surface area contributed by atoms with Crippen molar-refractivity contribution in [2.24, 2.45) is 0 Å². The van der Waals surface area contributed by atoms with Crippen LogP contribution in [-0.4, -0.2) is 27.1 Å².